The summed E-state index contributed by atoms with van der Waals surface area (Å²) in [5.41, 5.74) is 3.34. The average molecular weight is 406 g/mol. The van der Waals surface area contributed by atoms with Crippen LogP contribution in [-0.2, 0) is 20.4 Å². The van der Waals surface area contributed by atoms with Gasteiger partial charge in [0.1, 0.15) is 0 Å². The molecular formula is C12H13BFN8Pd-. The van der Waals surface area contributed by atoms with Crippen molar-refractivity contribution in [2.75, 3.05) is 0 Å². The molecule has 23 heavy (non-hydrogen) atoms. The Bertz CT molecular complexity index is 655. The Morgan fingerprint density at radius 2 is 0.826 bits per heavy atom. The van der Waals surface area contributed by atoms with Crippen LogP contribution in [0.3, 0.4) is 0 Å². The van der Waals surface area contributed by atoms with Crippen LogP contribution >= 0.6 is 0 Å². The van der Waals surface area contributed by atoms with Crippen LogP contribution in [0.4, 0.5) is 4.70 Å². The van der Waals surface area contributed by atoms with Crippen LogP contribution in [-0.4, -0.2) is 46.9 Å². The molecule has 0 spiro atoms. The van der Waals surface area contributed by atoms with Gasteiger partial charge >= 0.3 is 0 Å². The van der Waals surface area contributed by atoms with Gasteiger partial charge in [-0.25, -0.2) is 20.4 Å². The summed E-state index contributed by atoms with van der Waals surface area (Å²) < 4.78 is 0. The van der Waals surface area contributed by atoms with Gasteiger partial charge in [0.05, 0.1) is 0 Å². The number of nitrogens with zero attached hydrogens (tertiary/aromatic N) is 4. The van der Waals surface area contributed by atoms with E-state index in [0.29, 0.717) is 0 Å². The molecule has 4 aromatic rings. The van der Waals surface area contributed by atoms with Gasteiger partial charge in [-0.1, -0.05) is 46.6 Å². The van der Waals surface area contributed by atoms with E-state index in [0.717, 1.165) is 22.4 Å². The quantitative estimate of drug-likeness (QED) is 0.297. The zero-order valence-corrected chi connectivity index (χ0v) is 13.3. The molecule has 8 nitrogen and oxygen atoms in total. The van der Waals surface area contributed by atoms with Crippen LogP contribution in [0.5, 0.6) is 0 Å². The molecule has 0 saturated heterocycles. The van der Waals surface area contributed by atoms with Gasteiger partial charge in [0, 0.05) is 45.2 Å². The Labute approximate surface area is 143 Å². The zero-order valence-electron chi connectivity index (χ0n) is 11.7. The molecule has 0 fully saturated rings. The summed E-state index contributed by atoms with van der Waals surface area (Å²) in [5, 5.41) is 29.1. The fraction of sp³-hybridized carbons (Fsp3) is 0. The molecule has 0 aliphatic carbocycles. The average Bonchev–Trinajstić information content (AvgIpc) is 3.32. The number of H-pyrrole nitrogens is 4. The van der Waals surface area contributed by atoms with E-state index in [-0.39, 0.29) is 25.1 Å². The van der Waals surface area contributed by atoms with Gasteiger partial charge in [-0.2, -0.15) is 0 Å². The Hall–Kier alpha value is -2.50. The molecule has 4 N–H and O–H groups in total. The van der Waals surface area contributed by atoms with Gasteiger partial charge in [-0.15, -0.1) is 0 Å². The van der Waals surface area contributed by atoms with E-state index >= 15 is 0 Å². The van der Waals surface area contributed by atoms with Gasteiger partial charge in [0.2, 0.25) is 0 Å². The van der Waals surface area contributed by atoms with Crippen LogP contribution in [0.2, 0.25) is 0 Å². The summed E-state index contributed by atoms with van der Waals surface area (Å²) in [7, 11) is 0. The molecule has 0 saturated carbocycles. The maximum absolute atomic E-state index is 4.40. The molecular weight excluding hydrogens is 392 g/mol. The molecule has 0 radical (unpaired) electrons. The number of hydrogen-bond donors (Lipinski definition) is 4. The van der Waals surface area contributed by atoms with Crippen molar-refractivity contribution in [3.05, 3.63) is 49.1 Å². The Morgan fingerprint density at radius 3 is 1.00 bits per heavy atom. The Balaban J connectivity index is 0.000000960. The molecule has 4 heterocycles. The second-order valence-corrected chi connectivity index (χ2v) is 4.86. The second-order valence-electron chi connectivity index (χ2n) is 4.86. The number of aromatic nitrogens is 8. The van der Waals surface area contributed by atoms with E-state index in [1.807, 2.05) is 24.3 Å². The standard InChI is InChI=1S/C12H12BN8.FH.Pd/c1-5-14-18-9(1)13(10-2-6-15-19-10,11-3-7-16-20-11)12-4-8-17-21-12;;/h1-8H,(H,14,18)(H,15,19)(H,16,20)(H,17,21);1H;/q-1;;. The summed E-state index contributed by atoms with van der Waals surface area (Å²) in [4.78, 5) is 0. The Kier molecular flexibility index (Phi) is 4.93. The predicted molar refractivity (Wildman–Crippen MR) is 81.1 cm³/mol. The summed E-state index contributed by atoms with van der Waals surface area (Å²) in [6, 6.07) is 7.71. The van der Waals surface area contributed by atoms with Crippen LogP contribution in [0.1, 0.15) is 0 Å². The monoisotopic (exact) mass is 405 g/mol. The van der Waals surface area contributed by atoms with Gasteiger partial charge in [0.25, 0.3) is 0 Å². The van der Waals surface area contributed by atoms with Gasteiger partial charge in [-0.05, 0) is 0 Å². The number of rotatable bonds is 4. The molecule has 4 aromatic heterocycles. The molecule has 0 aliphatic rings. The third-order valence-corrected chi connectivity index (χ3v) is 3.86. The molecule has 11 heteroatoms. The van der Waals surface area contributed by atoms with Crippen molar-refractivity contribution in [1.82, 2.24) is 40.8 Å². The molecule has 0 unspecified atom stereocenters. The zero-order chi connectivity index (χ0) is 14.1. The summed E-state index contributed by atoms with van der Waals surface area (Å²) in [5.74, 6) is 0. The first-order chi connectivity index (χ1) is 10.4. The van der Waals surface area contributed by atoms with Crippen molar-refractivity contribution < 1.29 is 25.1 Å². The fourth-order valence-electron chi connectivity index (χ4n) is 2.96. The maximum atomic E-state index is 4.40. The number of hydrogen-bond acceptors (Lipinski definition) is 4. The molecule has 0 atom stereocenters. The number of halogens is 1. The van der Waals surface area contributed by atoms with E-state index in [9.17, 15) is 0 Å². The van der Waals surface area contributed by atoms with Crippen LogP contribution < -0.4 is 22.4 Å². The summed E-state index contributed by atoms with van der Waals surface area (Å²) >= 11 is 0. The van der Waals surface area contributed by atoms with E-state index < -0.39 is 6.15 Å². The van der Waals surface area contributed by atoms with E-state index in [1.165, 1.54) is 0 Å². The summed E-state index contributed by atoms with van der Waals surface area (Å²) in [6.45, 7) is 0. The van der Waals surface area contributed by atoms with Crippen molar-refractivity contribution in [3.8, 4) is 0 Å². The van der Waals surface area contributed by atoms with Crippen molar-refractivity contribution in [2.24, 2.45) is 0 Å². The minimum Gasteiger partial charge on any atom is -0.289 e. The van der Waals surface area contributed by atoms with E-state index in [4.69, 9.17) is 0 Å². The van der Waals surface area contributed by atoms with E-state index in [2.05, 4.69) is 40.8 Å². The van der Waals surface area contributed by atoms with Crippen LogP contribution in [0, 0.1) is 0 Å². The second kappa shape index (κ2) is 6.72. The largest absolute Gasteiger partial charge is 0.289 e. The van der Waals surface area contributed by atoms with Crippen molar-refractivity contribution >= 4 is 28.5 Å². The van der Waals surface area contributed by atoms with Gasteiger partial charge < -0.3 is 0 Å². The first-order valence-corrected chi connectivity index (χ1v) is 6.59. The molecule has 0 bridgehead atoms. The topological polar surface area (TPSA) is 115 Å². The van der Waals surface area contributed by atoms with Gasteiger partial charge in [-0.3, -0.25) is 25.1 Å². The van der Waals surface area contributed by atoms with E-state index in [1.54, 1.807) is 24.8 Å². The summed E-state index contributed by atoms with van der Waals surface area (Å²) in [6.07, 6.45) is 5.53. The fourth-order valence-corrected chi connectivity index (χ4v) is 2.96. The molecule has 0 aliphatic heterocycles. The first-order valence-electron chi connectivity index (χ1n) is 6.59. The number of aromatic amines is 4. The molecule has 0 amide bonds. The van der Waals surface area contributed by atoms with Crippen LogP contribution in [0.25, 0.3) is 0 Å². The third-order valence-electron chi connectivity index (χ3n) is 3.86. The third kappa shape index (κ3) is 2.44. The number of nitrogens with one attached hydrogen (secondary N) is 4. The van der Waals surface area contributed by atoms with Crippen molar-refractivity contribution in [3.63, 3.8) is 0 Å². The molecule has 4 rings (SSSR count). The van der Waals surface area contributed by atoms with Crippen LogP contribution in [0.15, 0.2) is 49.1 Å². The minimum atomic E-state index is -1.62. The molecule has 122 valence electrons. The van der Waals surface area contributed by atoms with Crippen molar-refractivity contribution in [2.45, 2.75) is 0 Å². The first kappa shape index (κ1) is 16.9. The molecule has 0 aromatic carbocycles. The normalized spacial score (nSPS) is 10.8. The Morgan fingerprint density at radius 1 is 0.565 bits per heavy atom. The SMILES string of the molecule is F.[Pd].c1cc([B-](c2cc[nH]n2)(c2cc[nH]n2)c2cc[nH]n2)n[nH]1. The van der Waals surface area contributed by atoms with Crippen molar-refractivity contribution in [1.29, 1.82) is 0 Å². The smallest absolute Gasteiger partial charge is 0.196 e. The maximum Gasteiger partial charge on any atom is 0.196 e. The predicted octanol–water partition coefficient (Wildman–Crippen LogP) is -1.89. The van der Waals surface area contributed by atoms with Gasteiger partial charge in [0.15, 0.2) is 6.15 Å². The minimum absolute atomic E-state index is 0.